The zero-order valence-electron chi connectivity index (χ0n) is 10.1. The molecular weight excluding hydrogens is 174 g/mol. The van der Waals surface area contributed by atoms with Crippen LogP contribution in [-0.4, -0.2) is 25.8 Å². The Balaban J connectivity index is 2.85. The van der Waals surface area contributed by atoms with E-state index in [0.717, 1.165) is 26.2 Å². The van der Waals surface area contributed by atoms with Gasteiger partial charge in [0.25, 0.3) is 0 Å². The van der Waals surface area contributed by atoms with Crippen molar-refractivity contribution in [1.29, 1.82) is 0 Å². The van der Waals surface area contributed by atoms with E-state index in [9.17, 15) is 0 Å². The van der Waals surface area contributed by atoms with Crippen molar-refractivity contribution in [2.45, 2.75) is 58.9 Å². The molecule has 0 aromatic rings. The Labute approximate surface area is 89.4 Å². The summed E-state index contributed by atoms with van der Waals surface area (Å²) in [5, 5.41) is 3.43. The third kappa shape index (κ3) is 11.9. The molecule has 0 aliphatic rings. The van der Waals surface area contributed by atoms with Gasteiger partial charge in [0.2, 0.25) is 0 Å². The fraction of sp³-hybridized carbons (Fsp3) is 1.00. The number of ether oxygens (including phenoxy) is 1. The van der Waals surface area contributed by atoms with Crippen LogP contribution in [0.4, 0.5) is 0 Å². The molecule has 14 heavy (non-hydrogen) atoms. The molecule has 2 nitrogen and oxygen atoms in total. The Kier molecular flexibility index (Phi) is 10.9. The molecule has 0 spiro atoms. The summed E-state index contributed by atoms with van der Waals surface area (Å²) in [6.45, 7) is 9.57. The molecule has 0 radical (unpaired) electrons. The van der Waals surface area contributed by atoms with Crippen molar-refractivity contribution < 1.29 is 4.74 Å². The smallest absolute Gasteiger partial charge is 0.0466 e. The monoisotopic (exact) mass is 201 g/mol. The van der Waals surface area contributed by atoms with Crippen LogP contribution in [0.5, 0.6) is 0 Å². The second-order valence-corrected chi connectivity index (χ2v) is 4.14. The quantitative estimate of drug-likeness (QED) is 0.549. The maximum absolute atomic E-state index is 5.41. The predicted molar refractivity (Wildman–Crippen MR) is 62.7 cm³/mol. The maximum atomic E-state index is 5.41. The van der Waals surface area contributed by atoms with E-state index < -0.39 is 0 Å². The van der Waals surface area contributed by atoms with E-state index in [1.165, 1.54) is 25.7 Å². The van der Waals surface area contributed by atoms with Crippen molar-refractivity contribution in [2.24, 2.45) is 0 Å². The Hall–Kier alpha value is -0.0800. The highest BCUT2D eigenvalue weighted by Gasteiger charge is 1.92. The van der Waals surface area contributed by atoms with E-state index in [1.54, 1.807) is 0 Å². The van der Waals surface area contributed by atoms with E-state index in [1.807, 2.05) is 0 Å². The van der Waals surface area contributed by atoms with E-state index in [0.29, 0.717) is 6.04 Å². The molecule has 0 bridgehead atoms. The summed E-state index contributed by atoms with van der Waals surface area (Å²) >= 11 is 0. The van der Waals surface area contributed by atoms with Crippen LogP contribution in [0.1, 0.15) is 52.9 Å². The zero-order chi connectivity index (χ0) is 10.6. The lowest BCUT2D eigenvalue weighted by atomic mass is 10.2. The van der Waals surface area contributed by atoms with E-state index >= 15 is 0 Å². The van der Waals surface area contributed by atoms with E-state index in [4.69, 9.17) is 4.74 Å². The summed E-state index contributed by atoms with van der Waals surface area (Å²) < 4.78 is 5.41. The minimum atomic E-state index is 0.628. The normalized spacial score (nSPS) is 11.1. The third-order valence-corrected chi connectivity index (χ3v) is 2.12. The van der Waals surface area contributed by atoms with Crippen LogP contribution in [0, 0.1) is 0 Å². The lowest BCUT2D eigenvalue weighted by Crippen LogP contribution is -2.23. The molecule has 0 aromatic carbocycles. The van der Waals surface area contributed by atoms with Gasteiger partial charge in [-0.05, 0) is 25.8 Å². The van der Waals surface area contributed by atoms with Crippen LogP contribution in [-0.2, 0) is 4.74 Å². The number of rotatable bonds is 10. The molecule has 0 aliphatic carbocycles. The van der Waals surface area contributed by atoms with Gasteiger partial charge in [0.05, 0.1) is 0 Å². The molecule has 86 valence electrons. The highest BCUT2D eigenvalue weighted by Crippen LogP contribution is 1.99. The zero-order valence-corrected chi connectivity index (χ0v) is 10.1. The number of unbranched alkanes of at least 4 members (excludes halogenated alkanes) is 3. The standard InChI is InChI=1S/C12H27NO/c1-4-10-14-11-8-6-5-7-9-13-12(2)3/h12-13H,4-11H2,1-3H3. The van der Waals surface area contributed by atoms with Crippen LogP contribution in [0.2, 0.25) is 0 Å². The molecular formula is C12H27NO. The summed E-state index contributed by atoms with van der Waals surface area (Å²) in [6.07, 6.45) is 6.30. The van der Waals surface area contributed by atoms with Crippen molar-refractivity contribution >= 4 is 0 Å². The first kappa shape index (κ1) is 13.9. The first-order valence-corrected chi connectivity index (χ1v) is 6.08. The Bertz CT molecular complexity index is 104. The second kappa shape index (κ2) is 11.0. The van der Waals surface area contributed by atoms with Gasteiger partial charge < -0.3 is 10.1 Å². The van der Waals surface area contributed by atoms with Gasteiger partial charge in [0.1, 0.15) is 0 Å². The first-order chi connectivity index (χ1) is 6.77. The van der Waals surface area contributed by atoms with E-state index in [-0.39, 0.29) is 0 Å². The molecule has 0 unspecified atom stereocenters. The fourth-order valence-electron chi connectivity index (χ4n) is 1.32. The van der Waals surface area contributed by atoms with Crippen LogP contribution in [0.3, 0.4) is 0 Å². The molecule has 0 rings (SSSR count). The molecule has 0 atom stereocenters. The molecule has 2 heteroatoms. The summed E-state index contributed by atoms with van der Waals surface area (Å²) in [6, 6.07) is 0.628. The molecule has 0 aromatic heterocycles. The number of hydrogen-bond donors (Lipinski definition) is 1. The van der Waals surface area contributed by atoms with Crippen molar-refractivity contribution in [3.63, 3.8) is 0 Å². The largest absolute Gasteiger partial charge is 0.381 e. The minimum absolute atomic E-state index is 0.628. The first-order valence-electron chi connectivity index (χ1n) is 6.08. The van der Waals surface area contributed by atoms with Gasteiger partial charge in [-0.25, -0.2) is 0 Å². The third-order valence-electron chi connectivity index (χ3n) is 2.12. The average molecular weight is 201 g/mol. The minimum Gasteiger partial charge on any atom is -0.381 e. The Morgan fingerprint density at radius 3 is 2.36 bits per heavy atom. The molecule has 0 amide bonds. The molecule has 0 saturated heterocycles. The number of hydrogen-bond acceptors (Lipinski definition) is 2. The van der Waals surface area contributed by atoms with Crippen molar-refractivity contribution in [1.82, 2.24) is 5.32 Å². The summed E-state index contributed by atoms with van der Waals surface area (Å²) in [7, 11) is 0. The SMILES string of the molecule is CCCOCCCCCCNC(C)C. The highest BCUT2D eigenvalue weighted by atomic mass is 16.5. The van der Waals surface area contributed by atoms with Gasteiger partial charge in [0.15, 0.2) is 0 Å². The highest BCUT2D eigenvalue weighted by molar-refractivity contribution is 4.52. The van der Waals surface area contributed by atoms with Crippen LogP contribution >= 0.6 is 0 Å². The summed E-state index contributed by atoms with van der Waals surface area (Å²) in [5.74, 6) is 0. The van der Waals surface area contributed by atoms with Crippen molar-refractivity contribution in [2.75, 3.05) is 19.8 Å². The summed E-state index contributed by atoms with van der Waals surface area (Å²) in [4.78, 5) is 0. The van der Waals surface area contributed by atoms with Gasteiger partial charge in [-0.3, -0.25) is 0 Å². The topological polar surface area (TPSA) is 21.3 Å². The average Bonchev–Trinajstić information content (AvgIpc) is 2.15. The predicted octanol–water partition coefficient (Wildman–Crippen LogP) is 2.97. The molecule has 0 fully saturated rings. The van der Waals surface area contributed by atoms with Crippen LogP contribution in [0.15, 0.2) is 0 Å². The lowest BCUT2D eigenvalue weighted by molar-refractivity contribution is 0.130. The van der Waals surface area contributed by atoms with Gasteiger partial charge in [-0.2, -0.15) is 0 Å². The van der Waals surface area contributed by atoms with Crippen LogP contribution in [0.25, 0.3) is 0 Å². The molecule has 0 heterocycles. The maximum Gasteiger partial charge on any atom is 0.0466 e. The molecule has 0 saturated carbocycles. The van der Waals surface area contributed by atoms with Crippen LogP contribution < -0.4 is 5.32 Å². The van der Waals surface area contributed by atoms with E-state index in [2.05, 4.69) is 26.1 Å². The lowest BCUT2D eigenvalue weighted by Gasteiger charge is -2.07. The van der Waals surface area contributed by atoms with Gasteiger partial charge in [0, 0.05) is 19.3 Å². The van der Waals surface area contributed by atoms with Crippen molar-refractivity contribution in [3.8, 4) is 0 Å². The van der Waals surface area contributed by atoms with Gasteiger partial charge >= 0.3 is 0 Å². The summed E-state index contributed by atoms with van der Waals surface area (Å²) in [5.41, 5.74) is 0. The Morgan fingerprint density at radius 1 is 1.00 bits per heavy atom. The molecule has 0 aliphatic heterocycles. The van der Waals surface area contributed by atoms with Crippen molar-refractivity contribution in [3.05, 3.63) is 0 Å². The van der Waals surface area contributed by atoms with Gasteiger partial charge in [-0.15, -0.1) is 0 Å². The molecule has 1 N–H and O–H groups in total. The Morgan fingerprint density at radius 2 is 1.71 bits per heavy atom. The fourth-order valence-corrected chi connectivity index (χ4v) is 1.32. The van der Waals surface area contributed by atoms with Gasteiger partial charge in [-0.1, -0.05) is 33.6 Å². The second-order valence-electron chi connectivity index (χ2n) is 4.14. The number of nitrogens with one attached hydrogen (secondary N) is 1.